The minimum atomic E-state index is -2.86. The Labute approximate surface area is 365 Å². The summed E-state index contributed by atoms with van der Waals surface area (Å²) in [7, 11) is -2.86. The van der Waals surface area contributed by atoms with Gasteiger partial charge in [0.25, 0.3) is 0 Å². The Bertz CT molecular complexity index is 3810. The second kappa shape index (κ2) is 14.0. The second-order valence-corrected chi connectivity index (χ2v) is 20.6. The molecule has 0 aliphatic rings. The lowest BCUT2D eigenvalue weighted by atomic mass is 10.00. The monoisotopic (exact) mass is 816 g/mol. The van der Waals surface area contributed by atoms with Gasteiger partial charge < -0.3 is 8.97 Å². The van der Waals surface area contributed by atoms with E-state index in [-0.39, 0.29) is 0 Å². The van der Waals surface area contributed by atoms with Crippen LogP contribution in [-0.4, -0.2) is 17.0 Å². The lowest BCUT2D eigenvalue weighted by Gasteiger charge is -2.34. The van der Waals surface area contributed by atoms with Crippen LogP contribution in [0.25, 0.3) is 87.1 Å². The number of rotatable bonds is 5. The molecule has 63 heavy (non-hydrogen) atoms. The van der Waals surface area contributed by atoms with Gasteiger partial charge in [-0.05, 0) is 78.7 Å². The average Bonchev–Trinajstić information content (AvgIpc) is 3.88. The molecule has 0 spiro atoms. The van der Waals surface area contributed by atoms with Gasteiger partial charge in [-0.2, -0.15) is 0 Å². The molecule has 0 aliphatic carbocycles. The van der Waals surface area contributed by atoms with E-state index in [1.165, 1.54) is 102 Å². The molecule has 0 amide bonds. The molecule has 0 bridgehead atoms. The first kappa shape index (κ1) is 35.7. The number of para-hydroxylation sites is 3. The van der Waals surface area contributed by atoms with Crippen molar-refractivity contribution in [3.05, 3.63) is 243 Å². The van der Waals surface area contributed by atoms with Gasteiger partial charge in [0.15, 0.2) is 8.07 Å². The topological polar surface area (TPSA) is 9.34 Å². The standard InChI is InChI=1S/C60H40N2Si/c1-4-20-42(21-5-1)63(43-22-6-2-7-23-43,44-24-8-3-9-25-44)45-36-37-59-53(40-45)55-39-41(61-56-33-17-15-31-51(56)52-32-16-18-34-57(52)61)38-54-49-29-13-11-27-47(49)46-26-10-12-28-48(46)50-30-14-19-35-58(50)62(59)60(54)55/h1-40H. The Kier molecular flexibility index (Phi) is 7.96. The van der Waals surface area contributed by atoms with Crippen LogP contribution in [0.4, 0.5) is 0 Å². The summed E-state index contributed by atoms with van der Waals surface area (Å²) >= 11 is 0. The molecule has 3 heterocycles. The SMILES string of the molecule is c1ccc([Si](c2ccccc2)(c2ccccc2)c2ccc3c(c2)c2cc(-n4c5ccccc5c5ccccc54)cc4c5ccccc5c5ccccc5c5ccccc5n3c42)cc1. The maximum absolute atomic E-state index is 2.86. The third kappa shape index (κ3) is 5.18. The molecule has 0 aliphatic heterocycles. The van der Waals surface area contributed by atoms with Crippen molar-refractivity contribution in [2.75, 3.05) is 0 Å². The van der Waals surface area contributed by atoms with Gasteiger partial charge in [-0.3, -0.25) is 0 Å². The highest BCUT2D eigenvalue weighted by Gasteiger charge is 2.41. The zero-order valence-corrected chi connectivity index (χ0v) is 35.5. The molecule has 0 fully saturated rings. The molecule has 0 saturated heterocycles. The van der Waals surface area contributed by atoms with Crippen molar-refractivity contribution in [2.45, 2.75) is 0 Å². The van der Waals surface area contributed by atoms with Crippen LogP contribution in [0.1, 0.15) is 0 Å². The number of aromatic nitrogens is 2. The zero-order valence-electron chi connectivity index (χ0n) is 34.5. The van der Waals surface area contributed by atoms with Crippen molar-refractivity contribution in [1.82, 2.24) is 8.97 Å². The van der Waals surface area contributed by atoms with E-state index in [9.17, 15) is 0 Å². The number of benzene rings is 10. The third-order valence-corrected chi connectivity index (χ3v) is 18.4. The zero-order chi connectivity index (χ0) is 41.5. The average molecular weight is 817 g/mol. The van der Waals surface area contributed by atoms with Gasteiger partial charge >= 0.3 is 0 Å². The number of hydrogen-bond donors (Lipinski definition) is 0. The van der Waals surface area contributed by atoms with Crippen molar-refractivity contribution in [3.8, 4) is 5.69 Å². The fraction of sp³-hybridized carbons (Fsp3) is 0. The van der Waals surface area contributed by atoms with E-state index in [0.717, 1.165) is 5.69 Å². The molecule has 0 N–H and O–H groups in total. The Morgan fingerprint density at radius 2 is 0.587 bits per heavy atom. The number of fused-ring (bicyclic) bond motifs is 13. The smallest absolute Gasteiger partial charge is 0.179 e. The van der Waals surface area contributed by atoms with Gasteiger partial charge in [0.05, 0.1) is 27.6 Å². The quantitative estimate of drug-likeness (QED) is 0.121. The lowest BCUT2D eigenvalue weighted by molar-refractivity contribution is 1.19. The van der Waals surface area contributed by atoms with Crippen LogP contribution < -0.4 is 20.7 Å². The van der Waals surface area contributed by atoms with Crippen LogP contribution >= 0.6 is 0 Å². The van der Waals surface area contributed by atoms with E-state index in [1.54, 1.807) is 0 Å². The van der Waals surface area contributed by atoms with Gasteiger partial charge in [0.2, 0.25) is 0 Å². The largest absolute Gasteiger partial charge is 0.309 e. The van der Waals surface area contributed by atoms with E-state index in [0.29, 0.717) is 0 Å². The summed E-state index contributed by atoms with van der Waals surface area (Å²) in [5.74, 6) is 0. The molecule has 3 heteroatoms. The van der Waals surface area contributed by atoms with Crippen molar-refractivity contribution in [3.63, 3.8) is 0 Å². The van der Waals surface area contributed by atoms with Crippen LogP contribution in [0.5, 0.6) is 0 Å². The van der Waals surface area contributed by atoms with E-state index in [2.05, 4.69) is 252 Å². The van der Waals surface area contributed by atoms with E-state index < -0.39 is 8.07 Å². The molecule has 0 saturated carbocycles. The van der Waals surface area contributed by atoms with E-state index in [1.807, 2.05) is 0 Å². The number of nitrogens with zero attached hydrogens (tertiary/aromatic N) is 2. The fourth-order valence-corrected chi connectivity index (χ4v) is 15.8. The highest BCUT2D eigenvalue weighted by Crippen LogP contribution is 2.41. The van der Waals surface area contributed by atoms with Gasteiger partial charge in [-0.1, -0.05) is 206 Å². The molecule has 10 aromatic carbocycles. The normalized spacial score (nSPS) is 12.1. The van der Waals surface area contributed by atoms with Crippen LogP contribution in [0.15, 0.2) is 243 Å². The van der Waals surface area contributed by atoms with Crippen molar-refractivity contribution in [2.24, 2.45) is 0 Å². The van der Waals surface area contributed by atoms with Crippen molar-refractivity contribution in [1.29, 1.82) is 0 Å². The molecule has 13 aromatic rings. The highest BCUT2D eigenvalue weighted by molar-refractivity contribution is 7.20. The van der Waals surface area contributed by atoms with Gasteiger partial charge in [0.1, 0.15) is 0 Å². The van der Waals surface area contributed by atoms with Gasteiger partial charge in [-0.15, -0.1) is 0 Å². The summed E-state index contributed by atoms with van der Waals surface area (Å²) in [5.41, 5.74) is 7.12. The molecule has 0 unspecified atom stereocenters. The van der Waals surface area contributed by atoms with Crippen LogP contribution in [0, 0.1) is 0 Å². The molecule has 0 radical (unpaired) electrons. The van der Waals surface area contributed by atoms with Crippen molar-refractivity contribution < 1.29 is 0 Å². The molecular formula is C60H40N2Si. The number of hydrogen-bond acceptors (Lipinski definition) is 0. The van der Waals surface area contributed by atoms with Crippen LogP contribution in [0.2, 0.25) is 0 Å². The van der Waals surface area contributed by atoms with Gasteiger partial charge in [0, 0.05) is 38.0 Å². The molecular weight excluding hydrogens is 777 g/mol. The molecule has 13 rings (SSSR count). The summed E-state index contributed by atoms with van der Waals surface area (Å²) in [6, 6.07) is 90.9. The summed E-state index contributed by atoms with van der Waals surface area (Å²) < 4.78 is 5.06. The molecule has 294 valence electrons. The molecule has 0 atom stereocenters. The summed E-state index contributed by atoms with van der Waals surface area (Å²) in [6.07, 6.45) is 0. The summed E-state index contributed by atoms with van der Waals surface area (Å²) in [6.45, 7) is 0. The van der Waals surface area contributed by atoms with Crippen LogP contribution in [0.3, 0.4) is 0 Å². The van der Waals surface area contributed by atoms with Gasteiger partial charge in [-0.25, -0.2) is 0 Å². The first-order valence-corrected chi connectivity index (χ1v) is 23.9. The van der Waals surface area contributed by atoms with E-state index >= 15 is 0 Å². The fourth-order valence-electron chi connectivity index (χ4n) is 11.0. The Balaban J connectivity index is 1.29. The predicted molar refractivity (Wildman–Crippen MR) is 272 cm³/mol. The minimum Gasteiger partial charge on any atom is -0.309 e. The molecule has 2 nitrogen and oxygen atoms in total. The van der Waals surface area contributed by atoms with Crippen LogP contribution in [-0.2, 0) is 0 Å². The van der Waals surface area contributed by atoms with Crippen molar-refractivity contribution >= 4 is 110 Å². The minimum absolute atomic E-state index is 1.15. The summed E-state index contributed by atoms with van der Waals surface area (Å²) in [5, 5.41) is 17.8. The Morgan fingerprint density at radius 1 is 0.238 bits per heavy atom. The summed E-state index contributed by atoms with van der Waals surface area (Å²) in [4.78, 5) is 0. The Morgan fingerprint density at radius 3 is 1.08 bits per heavy atom. The first-order valence-electron chi connectivity index (χ1n) is 21.9. The molecule has 3 aromatic heterocycles. The maximum atomic E-state index is 2.57. The first-order chi connectivity index (χ1) is 31.3. The van der Waals surface area contributed by atoms with E-state index in [4.69, 9.17) is 0 Å². The second-order valence-electron chi connectivity index (χ2n) is 16.8. The maximum Gasteiger partial charge on any atom is 0.179 e. The predicted octanol–water partition coefficient (Wildman–Crippen LogP) is 12.7. The third-order valence-electron chi connectivity index (χ3n) is 13.6. The highest BCUT2D eigenvalue weighted by atomic mass is 28.3. The lowest BCUT2D eigenvalue weighted by Crippen LogP contribution is -2.74. The Hall–Kier alpha value is -7.98.